The molecule has 158 valence electrons. The molecule has 0 aromatic carbocycles. The first-order valence-electron chi connectivity index (χ1n) is 9.55. The van der Waals surface area contributed by atoms with Gasteiger partial charge in [-0.1, -0.05) is 11.6 Å². The van der Waals surface area contributed by atoms with Gasteiger partial charge in [0.15, 0.2) is 5.65 Å². The zero-order valence-electron chi connectivity index (χ0n) is 17.2. The Kier molecular flexibility index (Phi) is 5.32. The maximum atomic E-state index is 11.2. The number of halogens is 1. The predicted octanol–water partition coefficient (Wildman–Crippen LogP) is 4.53. The zero-order valence-corrected chi connectivity index (χ0v) is 17.9. The van der Waals surface area contributed by atoms with Crippen molar-refractivity contribution >= 4 is 28.7 Å². The monoisotopic (exact) mass is 437 g/mol. The van der Waals surface area contributed by atoms with E-state index in [4.69, 9.17) is 16.3 Å². The Morgan fingerprint density at radius 3 is 2.58 bits per heavy atom. The molecule has 0 amide bonds. The van der Waals surface area contributed by atoms with Gasteiger partial charge in [0, 0.05) is 29.1 Å². The number of aromatic amines is 1. The van der Waals surface area contributed by atoms with Gasteiger partial charge in [0.25, 0.3) is 0 Å². The highest BCUT2D eigenvalue weighted by atomic mass is 35.5. The highest BCUT2D eigenvalue weighted by Crippen LogP contribution is 2.26. The van der Waals surface area contributed by atoms with E-state index < -0.39 is 11.4 Å². The van der Waals surface area contributed by atoms with E-state index in [1.165, 1.54) is 0 Å². The second-order valence-electron chi connectivity index (χ2n) is 7.84. The second-order valence-corrected chi connectivity index (χ2v) is 8.23. The first kappa shape index (κ1) is 20.7. The minimum Gasteiger partial charge on any atom is -0.481 e. The van der Waals surface area contributed by atoms with E-state index in [0.717, 1.165) is 27.9 Å². The van der Waals surface area contributed by atoms with Crippen LogP contribution in [-0.4, -0.2) is 42.6 Å². The third kappa shape index (κ3) is 4.34. The summed E-state index contributed by atoms with van der Waals surface area (Å²) in [5.41, 5.74) is 3.53. The molecule has 4 heterocycles. The lowest BCUT2D eigenvalue weighted by molar-refractivity contribution is -0.148. The smallest absolute Gasteiger partial charge is 0.312 e. The Hall–Kier alpha value is -3.52. The summed E-state index contributed by atoms with van der Waals surface area (Å²) >= 11 is 5.93. The number of ether oxygens (including phenoxy) is 1. The molecule has 0 saturated heterocycles. The number of aromatic nitrogens is 5. The molecule has 4 aromatic rings. The number of carboxylic acid groups (broad SMARTS) is 1. The van der Waals surface area contributed by atoms with Gasteiger partial charge in [-0.3, -0.25) is 9.78 Å². The third-order valence-electron chi connectivity index (χ3n) is 4.82. The minimum atomic E-state index is -0.998. The van der Waals surface area contributed by atoms with Crippen molar-refractivity contribution in [3.05, 3.63) is 53.4 Å². The number of carbonyl (C=O) groups is 1. The van der Waals surface area contributed by atoms with Crippen LogP contribution in [0.1, 0.15) is 19.4 Å². The van der Waals surface area contributed by atoms with E-state index in [1.807, 2.05) is 31.2 Å². The normalized spacial score (nSPS) is 11.6. The predicted molar refractivity (Wildman–Crippen MR) is 117 cm³/mol. The first-order valence-corrected chi connectivity index (χ1v) is 9.93. The molecular formula is C22H20ClN5O3. The lowest BCUT2D eigenvalue weighted by Crippen LogP contribution is -2.31. The topological polar surface area (TPSA) is 114 Å². The summed E-state index contributed by atoms with van der Waals surface area (Å²) in [7, 11) is 0. The number of carboxylic acids is 1. The number of hydrogen-bond acceptors (Lipinski definition) is 6. The largest absolute Gasteiger partial charge is 0.481 e. The van der Waals surface area contributed by atoms with Gasteiger partial charge in [-0.15, -0.1) is 0 Å². The van der Waals surface area contributed by atoms with Crippen molar-refractivity contribution in [1.29, 1.82) is 0 Å². The Labute approximate surface area is 183 Å². The van der Waals surface area contributed by atoms with E-state index in [9.17, 15) is 9.90 Å². The van der Waals surface area contributed by atoms with Gasteiger partial charge in [0.1, 0.15) is 23.1 Å². The maximum absolute atomic E-state index is 11.2. The molecule has 31 heavy (non-hydrogen) atoms. The summed E-state index contributed by atoms with van der Waals surface area (Å²) < 4.78 is 5.63. The number of fused-ring (bicyclic) bond motifs is 1. The van der Waals surface area contributed by atoms with Gasteiger partial charge < -0.3 is 14.8 Å². The van der Waals surface area contributed by atoms with E-state index in [0.29, 0.717) is 22.5 Å². The van der Waals surface area contributed by atoms with Crippen molar-refractivity contribution in [1.82, 2.24) is 24.9 Å². The summed E-state index contributed by atoms with van der Waals surface area (Å²) in [6.07, 6.45) is 3.38. The van der Waals surface area contributed by atoms with Crippen LogP contribution in [0.3, 0.4) is 0 Å². The molecule has 4 aromatic heterocycles. The Bertz CT molecular complexity index is 1270. The van der Waals surface area contributed by atoms with Crippen molar-refractivity contribution < 1.29 is 14.6 Å². The lowest BCUT2D eigenvalue weighted by atomic mass is 9.95. The van der Waals surface area contributed by atoms with E-state index in [-0.39, 0.29) is 6.61 Å². The number of rotatable bonds is 6. The van der Waals surface area contributed by atoms with Crippen LogP contribution in [0.5, 0.6) is 5.88 Å². The maximum Gasteiger partial charge on any atom is 0.312 e. The van der Waals surface area contributed by atoms with Gasteiger partial charge in [0.2, 0.25) is 5.88 Å². The molecule has 0 bridgehead atoms. The molecule has 2 N–H and O–H groups in total. The first-order chi connectivity index (χ1) is 14.7. The van der Waals surface area contributed by atoms with Crippen molar-refractivity contribution in [2.75, 3.05) is 6.61 Å². The highest BCUT2D eigenvalue weighted by Gasteiger charge is 2.28. The average molecular weight is 438 g/mol. The van der Waals surface area contributed by atoms with Crippen molar-refractivity contribution in [2.45, 2.75) is 20.8 Å². The fourth-order valence-corrected chi connectivity index (χ4v) is 3.02. The number of nitrogens with zero attached hydrogens (tertiary/aromatic N) is 4. The minimum absolute atomic E-state index is 0.0278. The number of nitrogens with one attached hydrogen (secondary N) is 1. The van der Waals surface area contributed by atoms with Crippen LogP contribution in [0.2, 0.25) is 5.15 Å². The third-order valence-corrected chi connectivity index (χ3v) is 5.03. The Morgan fingerprint density at radius 2 is 1.90 bits per heavy atom. The lowest BCUT2D eigenvalue weighted by Gasteiger charge is -2.19. The SMILES string of the molecule is Cc1cc(-c2ccc(-c3nc4ccc(Cl)nc4[nH]3)cn2)cnc1OCC(C)(C)C(=O)O. The molecule has 0 atom stereocenters. The highest BCUT2D eigenvalue weighted by molar-refractivity contribution is 6.29. The summed E-state index contributed by atoms with van der Waals surface area (Å²) in [6, 6.07) is 9.21. The summed E-state index contributed by atoms with van der Waals surface area (Å²) in [4.78, 5) is 32.0. The Balaban J connectivity index is 1.53. The fourth-order valence-electron chi connectivity index (χ4n) is 2.88. The summed E-state index contributed by atoms with van der Waals surface area (Å²) in [5, 5.41) is 9.62. The van der Waals surface area contributed by atoms with Gasteiger partial charge in [0.05, 0.1) is 11.1 Å². The van der Waals surface area contributed by atoms with Gasteiger partial charge >= 0.3 is 5.97 Å². The fraction of sp³-hybridized carbons (Fsp3) is 0.227. The molecule has 8 nitrogen and oxygen atoms in total. The quantitative estimate of drug-likeness (QED) is 0.426. The molecule has 0 radical (unpaired) electrons. The van der Waals surface area contributed by atoms with E-state index >= 15 is 0 Å². The van der Waals surface area contributed by atoms with Crippen molar-refractivity contribution in [3.63, 3.8) is 0 Å². The van der Waals surface area contributed by atoms with Crippen LogP contribution in [0.4, 0.5) is 0 Å². The number of pyridine rings is 3. The molecule has 9 heteroatoms. The number of H-pyrrole nitrogens is 1. The molecule has 0 aliphatic heterocycles. The van der Waals surface area contributed by atoms with Crippen LogP contribution >= 0.6 is 11.6 Å². The average Bonchev–Trinajstić information content (AvgIpc) is 3.16. The van der Waals surface area contributed by atoms with Gasteiger partial charge in [-0.25, -0.2) is 15.0 Å². The van der Waals surface area contributed by atoms with E-state index in [1.54, 1.807) is 32.3 Å². The van der Waals surface area contributed by atoms with Crippen LogP contribution in [0, 0.1) is 12.3 Å². The summed E-state index contributed by atoms with van der Waals surface area (Å²) in [5.74, 6) is 0.139. The Morgan fingerprint density at radius 1 is 1.13 bits per heavy atom. The number of aliphatic carboxylic acids is 1. The van der Waals surface area contributed by atoms with Crippen molar-refractivity contribution in [3.8, 4) is 28.5 Å². The molecule has 0 aliphatic carbocycles. The second kappa shape index (κ2) is 7.96. The molecule has 0 aliphatic rings. The molecular weight excluding hydrogens is 418 g/mol. The molecule has 0 spiro atoms. The zero-order chi connectivity index (χ0) is 22.2. The standard InChI is InChI=1S/C22H20ClN5O3/c1-12-8-14(10-25-20(12)31-11-22(2,3)21(29)30)15-5-4-13(9-24-15)18-26-16-6-7-17(23)27-19(16)28-18/h4-10H,11H2,1-3H3,(H,29,30)(H,26,27,28). The van der Waals surface area contributed by atoms with Crippen LogP contribution in [0.15, 0.2) is 42.7 Å². The van der Waals surface area contributed by atoms with Gasteiger partial charge in [-0.05, 0) is 51.1 Å². The molecule has 0 fully saturated rings. The number of imidazole rings is 1. The number of hydrogen-bond donors (Lipinski definition) is 2. The van der Waals surface area contributed by atoms with Crippen LogP contribution in [0.25, 0.3) is 33.8 Å². The van der Waals surface area contributed by atoms with Crippen molar-refractivity contribution in [2.24, 2.45) is 5.41 Å². The molecule has 4 rings (SSSR count). The number of aryl methyl sites for hydroxylation is 1. The van der Waals surface area contributed by atoms with Crippen LogP contribution < -0.4 is 4.74 Å². The molecule has 0 unspecified atom stereocenters. The summed E-state index contributed by atoms with van der Waals surface area (Å²) in [6.45, 7) is 5.11. The van der Waals surface area contributed by atoms with Crippen LogP contribution in [-0.2, 0) is 4.79 Å². The molecule has 0 saturated carbocycles. The van der Waals surface area contributed by atoms with E-state index in [2.05, 4.69) is 24.9 Å². The van der Waals surface area contributed by atoms with Gasteiger partial charge in [-0.2, -0.15) is 0 Å².